The van der Waals surface area contributed by atoms with Crippen molar-refractivity contribution < 1.29 is 14.8 Å². The first-order chi connectivity index (χ1) is 8.09. The smallest absolute Gasteiger partial charge is 0.233 e. The molecule has 2 heterocycles. The van der Waals surface area contributed by atoms with Crippen molar-refractivity contribution in [1.29, 1.82) is 0 Å². The number of rotatable bonds is 2. The Hall–Kier alpha value is -0.680. The Morgan fingerprint density at radius 3 is 2.71 bits per heavy atom. The minimum absolute atomic E-state index is 0.0793. The van der Waals surface area contributed by atoms with Crippen molar-refractivity contribution in [2.75, 3.05) is 6.54 Å². The lowest BCUT2D eigenvalue weighted by Gasteiger charge is -2.45. The Morgan fingerprint density at radius 1 is 1.24 bits per heavy atom. The van der Waals surface area contributed by atoms with Crippen LogP contribution in [0.5, 0.6) is 0 Å². The molecule has 5 saturated carbocycles. The summed E-state index contributed by atoms with van der Waals surface area (Å²) in [5.74, 6) is 2.67. The molecule has 5 nitrogen and oxygen atoms in total. The van der Waals surface area contributed by atoms with Gasteiger partial charge in [-0.25, -0.2) is 0 Å². The molecule has 0 amide bonds. The quantitative estimate of drug-likeness (QED) is 0.544. The first-order valence-corrected chi connectivity index (χ1v) is 6.64. The summed E-state index contributed by atoms with van der Waals surface area (Å²) in [7, 11) is 0. The highest BCUT2D eigenvalue weighted by Crippen LogP contribution is 2.92. The van der Waals surface area contributed by atoms with Gasteiger partial charge in [0.25, 0.3) is 0 Å². The summed E-state index contributed by atoms with van der Waals surface area (Å²) in [6.07, 6.45) is 1.21. The third-order valence-electron chi connectivity index (χ3n) is 7.32. The van der Waals surface area contributed by atoms with E-state index in [0.29, 0.717) is 35.5 Å². The van der Waals surface area contributed by atoms with E-state index in [2.05, 4.69) is 0 Å². The molecule has 0 aromatic heterocycles. The van der Waals surface area contributed by atoms with Crippen LogP contribution in [-0.4, -0.2) is 28.0 Å². The molecule has 7 fully saturated rings. The van der Waals surface area contributed by atoms with E-state index in [1.165, 1.54) is 6.42 Å². The Kier molecular flexibility index (Phi) is 0.912. The number of hydrogen-bond acceptors (Lipinski definition) is 4. The zero-order valence-corrected chi connectivity index (χ0v) is 9.15. The number of nitro groups is 1. The summed E-state index contributed by atoms with van der Waals surface area (Å²) in [5, 5.41) is 21.7. The average Bonchev–Trinajstić information content (AvgIpc) is 2.75. The molecule has 10 atom stereocenters. The van der Waals surface area contributed by atoms with Crippen LogP contribution in [0, 0.1) is 57.5 Å². The van der Waals surface area contributed by atoms with Gasteiger partial charge in [-0.15, -0.1) is 0 Å². The molecule has 2 saturated heterocycles. The second-order valence-corrected chi connectivity index (χ2v) is 7.12. The lowest BCUT2D eigenvalue weighted by Crippen LogP contribution is -2.53. The second kappa shape index (κ2) is 1.84. The molecule has 17 heavy (non-hydrogen) atoms. The second-order valence-electron chi connectivity index (χ2n) is 7.12. The maximum absolute atomic E-state index is 11.0. The van der Waals surface area contributed by atoms with E-state index in [4.69, 9.17) is 4.74 Å². The van der Waals surface area contributed by atoms with Crippen LogP contribution >= 0.6 is 0 Å². The summed E-state index contributed by atoms with van der Waals surface area (Å²) >= 11 is 0. The van der Waals surface area contributed by atoms with Gasteiger partial charge in [0, 0.05) is 28.6 Å². The summed E-state index contributed by atoms with van der Waals surface area (Å²) in [6.45, 7) is -0.0793. The molecule has 7 rings (SSSR count). The molecular weight excluding hydrogens is 222 g/mol. The van der Waals surface area contributed by atoms with Crippen LogP contribution in [-0.2, 0) is 4.74 Å². The minimum Gasteiger partial charge on any atom is -0.365 e. The van der Waals surface area contributed by atoms with Crippen molar-refractivity contribution in [3.8, 4) is 0 Å². The highest BCUT2D eigenvalue weighted by Gasteiger charge is 2.98. The van der Waals surface area contributed by atoms with Crippen LogP contribution in [0.25, 0.3) is 0 Å². The number of ether oxygens (including phenoxy) is 1. The summed E-state index contributed by atoms with van der Waals surface area (Å²) in [5.41, 5.74) is -0.579. The van der Waals surface area contributed by atoms with Crippen molar-refractivity contribution >= 4 is 0 Å². The van der Waals surface area contributed by atoms with Crippen LogP contribution in [0.1, 0.15) is 6.42 Å². The predicted molar refractivity (Wildman–Crippen MR) is 53.2 cm³/mol. The molecule has 0 spiro atoms. The Labute approximate surface area is 97.3 Å². The van der Waals surface area contributed by atoms with Gasteiger partial charge in [0.05, 0.1) is 0 Å². The van der Waals surface area contributed by atoms with Crippen LogP contribution in [0.4, 0.5) is 0 Å². The maximum atomic E-state index is 11.0. The molecule has 2 aliphatic heterocycles. The van der Waals surface area contributed by atoms with Gasteiger partial charge in [0.2, 0.25) is 6.54 Å². The highest BCUT2D eigenvalue weighted by molar-refractivity contribution is 5.41. The van der Waals surface area contributed by atoms with Crippen molar-refractivity contribution in [1.82, 2.24) is 0 Å². The first-order valence-electron chi connectivity index (χ1n) is 6.64. The minimum atomic E-state index is -0.970. The Bertz CT molecular complexity index is 509. The van der Waals surface area contributed by atoms with Gasteiger partial charge in [-0.2, -0.15) is 0 Å². The predicted octanol–water partition coefficient (Wildman–Crippen LogP) is 0.108. The van der Waals surface area contributed by atoms with E-state index in [1.807, 2.05) is 0 Å². The number of hydrogen-bond donors (Lipinski definition) is 1. The van der Waals surface area contributed by atoms with E-state index in [1.54, 1.807) is 0 Å². The third kappa shape index (κ3) is 0.492. The number of aliphatic hydroxyl groups is 1. The molecule has 0 aromatic rings. The summed E-state index contributed by atoms with van der Waals surface area (Å²) in [4.78, 5) is 10.7. The SMILES string of the molecule is O=[N+]([O-])C[C@@]12O[C@]3(O)C4C5CC(C6C5C3C61)C42. The van der Waals surface area contributed by atoms with Gasteiger partial charge in [0.1, 0.15) is 5.60 Å². The van der Waals surface area contributed by atoms with Crippen LogP contribution in [0.15, 0.2) is 0 Å². The molecule has 90 valence electrons. The normalized spacial score (nSPS) is 78.4. The van der Waals surface area contributed by atoms with Crippen LogP contribution in [0.2, 0.25) is 0 Å². The fourth-order valence-electron chi connectivity index (χ4n) is 7.71. The molecule has 0 radical (unpaired) electrons. The van der Waals surface area contributed by atoms with Crippen molar-refractivity contribution in [3.05, 3.63) is 10.1 Å². The van der Waals surface area contributed by atoms with E-state index in [-0.39, 0.29) is 23.3 Å². The molecule has 8 unspecified atom stereocenters. The summed E-state index contributed by atoms with van der Waals surface area (Å²) in [6, 6.07) is 0. The van der Waals surface area contributed by atoms with Crippen LogP contribution in [0.3, 0.4) is 0 Å². The van der Waals surface area contributed by atoms with E-state index in [0.717, 1.165) is 0 Å². The monoisotopic (exact) mass is 235 g/mol. The maximum Gasteiger partial charge on any atom is 0.233 e. The molecule has 5 heteroatoms. The van der Waals surface area contributed by atoms with Gasteiger partial charge >= 0.3 is 0 Å². The lowest BCUT2D eigenvalue weighted by atomic mass is 9.56. The fraction of sp³-hybridized carbons (Fsp3) is 1.00. The molecular formula is C12H13NO4. The average molecular weight is 235 g/mol. The largest absolute Gasteiger partial charge is 0.365 e. The van der Waals surface area contributed by atoms with E-state index < -0.39 is 11.4 Å². The van der Waals surface area contributed by atoms with Crippen molar-refractivity contribution in [3.63, 3.8) is 0 Å². The van der Waals surface area contributed by atoms with Gasteiger partial charge in [-0.3, -0.25) is 10.1 Å². The van der Waals surface area contributed by atoms with Crippen LogP contribution < -0.4 is 0 Å². The van der Waals surface area contributed by atoms with Gasteiger partial charge in [0.15, 0.2) is 5.79 Å². The third-order valence-corrected chi connectivity index (χ3v) is 7.32. The fourth-order valence-corrected chi connectivity index (χ4v) is 7.71. The van der Waals surface area contributed by atoms with Gasteiger partial charge in [-0.05, 0) is 30.1 Å². The Morgan fingerprint density at radius 2 is 1.94 bits per heavy atom. The van der Waals surface area contributed by atoms with Gasteiger partial charge in [-0.1, -0.05) is 0 Å². The standard InChI is InChI=1S/C12H13NO4/c14-12-8-4-1-3-5-6(4)10(12)9(5)11(17-12,7(3)8)2-13(15)16/h3-10,14H,1-2H2/t3?,4?,5?,6?,7?,8?,9?,10?,11-,12+/m0/s1. The lowest BCUT2D eigenvalue weighted by molar-refractivity contribution is -0.504. The van der Waals surface area contributed by atoms with E-state index >= 15 is 0 Å². The molecule has 4 bridgehead atoms. The van der Waals surface area contributed by atoms with E-state index in [9.17, 15) is 15.2 Å². The molecule has 0 aromatic carbocycles. The van der Waals surface area contributed by atoms with Gasteiger partial charge < -0.3 is 9.84 Å². The molecule has 7 aliphatic rings. The zero-order valence-electron chi connectivity index (χ0n) is 9.15. The molecule has 1 N–H and O–H groups in total. The zero-order chi connectivity index (χ0) is 11.3. The van der Waals surface area contributed by atoms with Crippen molar-refractivity contribution in [2.24, 2.45) is 47.3 Å². The number of nitrogens with zero attached hydrogens (tertiary/aromatic N) is 1. The van der Waals surface area contributed by atoms with Crippen molar-refractivity contribution in [2.45, 2.75) is 17.8 Å². The topological polar surface area (TPSA) is 72.6 Å². The summed E-state index contributed by atoms with van der Waals surface area (Å²) < 4.78 is 5.97. The first kappa shape index (κ1) is 8.43. The Balaban J connectivity index is 1.64. The molecule has 5 aliphatic carbocycles. The highest BCUT2D eigenvalue weighted by atomic mass is 16.7.